The number of hydrogen-bond acceptors (Lipinski definition) is 6. The zero-order valence-electron chi connectivity index (χ0n) is 18.2. The summed E-state index contributed by atoms with van der Waals surface area (Å²) in [5, 5.41) is 4.70. The monoisotopic (exact) mass is 470 g/mol. The molecule has 2 aromatic carbocycles. The van der Waals surface area contributed by atoms with Crippen molar-refractivity contribution in [2.45, 2.75) is 33.4 Å². The number of methoxy groups -OCH3 is 1. The smallest absolute Gasteiger partial charge is 0.412 e. The number of rotatable bonds is 6. The summed E-state index contributed by atoms with van der Waals surface area (Å²) in [6, 6.07) is 11.6. The highest BCUT2D eigenvalue weighted by molar-refractivity contribution is 7.19. The maximum absolute atomic E-state index is 12.4. The van der Waals surface area contributed by atoms with E-state index in [0.29, 0.717) is 27.5 Å². The highest BCUT2D eigenvalue weighted by Gasteiger charge is 2.16. The molecule has 32 heavy (non-hydrogen) atoms. The second kappa shape index (κ2) is 9.18. The minimum Gasteiger partial charge on any atom is -0.496 e. The van der Waals surface area contributed by atoms with Gasteiger partial charge >= 0.3 is 6.09 Å². The van der Waals surface area contributed by atoms with Gasteiger partial charge in [0.25, 0.3) is 0 Å². The van der Waals surface area contributed by atoms with Gasteiger partial charge in [-0.3, -0.25) is 5.32 Å². The molecular formula is C23H23ClN4O3S. The molecular weight excluding hydrogens is 448 g/mol. The largest absolute Gasteiger partial charge is 0.496 e. The second-order valence-electron chi connectivity index (χ2n) is 7.55. The molecule has 2 aromatic heterocycles. The maximum atomic E-state index is 12.4. The molecule has 0 fully saturated rings. The first-order valence-electron chi connectivity index (χ1n) is 10.1. The van der Waals surface area contributed by atoms with E-state index in [1.807, 2.05) is 37.5 Å². The maximum Gasteiger partial charge on any atom is 0.412 e. The number of aromatic nitrogens is 3. The normalized spacial score (nSPS) is 11.2. The average Bonchev–Trinajstić information content (AvgIpc) is 3.35. The first-order valence-corrected chi connectivity index (χ1v) is 11.3. The van der Waals surface area contributed by atoms with Gasteiger partial charge < -0.3 is 14.0 Å². The van der Waals surface area contributed by atoms with Crippen molar-refractivity contribution in [1.82, 2.24) is 14.5 Å². The van der Waals surface area contributed by atoms with Crippen LogP contribution in [0.1, 0.15) is 31.1 Å². The molecule has 4 aromatic rings. The van der Waals surface area contributed by atoms with Crippen LogP contribution in [0.3, 0.4) is 0 Å². The van der Waals surface area contributed by atoms with Gasteiger partial charge in [0.05, 0.1) is 35.7 Å². The van der Waals surface area contributed by atoms with E-state index < -0.39 is 6.09 Å². The fourth-order valence-corrected chi connectivity index (χ4v) is 4.47. The fraction of sp³-hybridized carbons (Fsp3) is 0.261. The molecule has 0 aliphatic rings. The van der Waals surface area contributed by atoms with Crippen LogP contribution in [0.25, 0.3) is 21.6 Å². The Labute approximate surface area is 195 Å². The number of nitrogens with one attached hydrogen (secondary N) is 1. The number of hydrogen-bond donors (Lipinski definition) is 1. The van der Waals surface area contributed by atoms with Crippen molar-refractivity contribution >= 4 is 45.1 Å². The molecule has 4 rings (SSSR count). The van der Waals surface area contributed by atoms with Gasteiger partial charge in [0, 0.05) is 11.1 Å². The number of carbonyl (C=O) groups is 1. The predicted octanol–water partition coefficient (Wildman–Crippen LogP) is 6.46. The lowest BCUT2D eigenvalue weighted by molar-refractivity contribution is 0.155. The minimum atomic E-state index is -0.542. The van der Waals surface area contributed by atoms with Crippen molar-refractivity contribution in [2.75, 3.05) is 12.4 Å². The summed E-state index contributed by atoms with van der Waals surface area (Å²) in [6.07, 6.45) is 1.28. The van der Waals surface area contributed by atoms with E-state index in [-0.39, 0.29) is 6.61 Å². The Morgan fingerprint density at radius 1 is 1.25 bits per heavy atom. The van der Waals surface area contributed by atoms with Gasteiger partial charge in [0.15, 0.2) is 0 Å². The van der Waals surface area contributed by atoms with Gasteiger partial charge in [-0.2, -0.15) is 0 Å². The number of fused-ring (bicyclic) bond motifs is 1. The molecule has 1 N–H and O–H groups in total. The van der Waals surface area contributed by atoms with Gasteiger partial charge in [-0.15, -0.1) is 0 Å². The number of aryl methyl sites for hydroxylation is 1. The molecule has 7 nitrogen and oxygen atoms in total. The molecule has 0 saturated heterocycles. The molecule has 0 unspecified atom stereocenters. The van der Waals surface area contributed by atoms with Gasteiger partial charge in [-0.1, -0.05) is 29.0 Å². The highest BCUT2D eigenvalue weighted by atomic mass is 35.5. The molecule has 0 saturated carbocycles. The molecule has 0 atom stereocenters. The number of nitrogens with zero attached hydrogens (tertiary/aromatic N) is 3. The van der Waals surface area contributed by atoms with Crippen LogP contribution in [-0.2, 0) is 11.3 Å². The van der Waals surface area contributed by atoms with Crippen molar-refractivity contribution in [3.8, 4) is 16.3 Å². The minimum absolute atomic E-state index is 0.145. The molecule has 0 bridgehead atoms. The highest BCUT2D eigenvalue weighted by Crippen LogP contribution is 2.38. The number of ether oxygens (including phenoxy) is 2. The van der Waals surface area contributed by atoms with E-state index in [0.717, 1.165) is 27.2 Å². The van der Waals surface area contributed by atoms with Crippen LogP contribution in [-0.4, -0.2) is 27.7 Å². The fourth-order valence-electron chi connectivity index (χ4n) is 3.33. The SMILES string of the molecule is COc1cc(Cl)ccc1-c1nc(C)c(NC(=O)OCc2ccc3c(c2)ncn3C(C)C)s1. The average molecular weight is 471 g/mol. The third-order valence-corrected chi connectivity index (χ3v) is 6.31. The second-order valence-corrected chi connectivity index (χ2v) is 8.98. The number of amides is 1. The Morgan fingerprint density at radius 2 is 2.06 bits per heavy atom. The number of imidazole rings is 1. The molecule has 9 heteroatoms. The van der Waals surface area contributed by atoms with Crippen molar-refractivity contribution in [3.63, 3.8) is 0 Å². The van der Waals surface area contributed by atoms with Gasteiger partial charge in [0.2, 0.25) is 0 Å². The standard InChI is InChI=1S/C23H23ClN4O3S/c1-13(2)28-12-25-18-9-15(5-8-19(18)28)11-31-23(29)27-21-14(3)26-22(32-21)17-7-6-16(24)10-20(17)30-4/h5-10,12-13H,11H2,1-4H3,(H,27,29). The van der Waals surface area contributed by atoms with Crippen LogP contribution in [0.15, 0.2) is 42.7 Å². The summed E-state index contributed by atoms with van der Waals surface area (Å²) in [6.45, 7) is 6.19. The van der Waals surface area contributed by atoms with Crippen molar-refractivity contribution < 1.29 is 14.3 Å². The van der Waals surface area contributed by atoms with Gasteiger partial charge in [-0.05, 0) is 56.7 Å². The first kappa shape index (κ1) is 22.1. The third-order valence-electron chi connectivity index (χ3n) is 4.97. The van der Waals surface area contributed by atoms with Gasteiger partial charge in [-0.25, -0.2) is 14.8 Å². The van der Waals surface area contributed by atoms with E-state index in [1.54, 1.807) is 19.2 Å². The van der Waals surface area contributed by atoms with Crippen LogP contribution < -0.4 is 10.1 Å². The molecule has 0 radical (unpaired) electrons. The van der Waals surface area contributed by atoms with Gasteiger partial charge in [0.1, 0.15) is 22.4 Å². The number of halogens is 1. The Bertz CT molecular complexity index is 1280. The Kier molecular flexibility index (Phi) is 6.34. The Balaban J connectivity index is 1.43. The first-order chi connectivity index (χ1) is 15.4. The summed E-state index contributed by atoms with van der Waals surface area (Å²) in [7, 11) is 1.58. The van der Waals surface area contributed by atoms with Crippen LogP contribution in [0, 0.1) is 6.92 Å². The Hall–Kier alpha value is -3.10. The summed E-state index contributed by atoms with van der Waals surface area (Å²) in [4.78, 5) is 21.4. The molecule has 166 valence electrons. The summed E-state index contributed by atoms with van der Waals surface area (Å²) in [5.74, 6) is 0.621. The molecule has 0 aliphatic carbocycles. The zero-order valence-corrected chi connectivity index (χ0v) is 19.8. The lowest BCUT2D eigenvalue weighted by atomic mass is 10.2. The van der Waals surface area contributed by atoms with E-state index in [1.165, 1.54) is 11.3 Å². The number of benzene rings is 2. The zero-order chi connectivity index (χ0) is 22.8. The van der Waals surface area contributed by atoms with E-state index in [2.05, 4.69) is 33.7 Å². The molecule has 0 aliphatic heterocycles. The quantitative estimate of drug-likeness (QED) is 0.350. The van der Waals surface area contributed by atoms with Crippen LogP contribution >= 0.6 is 22.9 Å². The van der Waals surface area contributed by atoms with E-state index in [9.17, 15) is 4.79 Å². The number of anilines is 1. The number of carbonyl (C=O) groups excluding carboxylic acids is 1. The van der Waals surface area contributed by atoms with Crippen LogP contribution in [0.2, 0.25) is 5.02 Å². The lowest BCUT2D eigenvalue weighted by Gasteiger charge is -2.09. The Morgan fingerprint density at radius 3 is 2.81 bits per heavy atom. The lowest BCUT2D eigenvalue weighted by Crippen LogP contribution is -2.13. The summed E-state index contributed by atoms with van der Waals surface area (Å²) < 4.78 is 12.9. The predicted molar refractivity (Wildman–Crippen MR) is 128 cm³/mol. The van der Waals surface area contributed by atoms with Crippen molar-refractivity contribution in [1.29, 1.82) is 0 Å². The van der Waals surface area contributed by atoms with Crippen molar-refractivity contribution in [3.05, 3.63) is 59.0 Å². The van der Waals surface area contributed by atoms with E-state index in [4.69, 9.17) is 21.1 Å². The molecule has 0 spiro atoms. The van der Waals surface area contributed by atoms with Crippen molar-refractivity contribution in [2.24, 2.45) is 0 Å². The van der Waals surface area contributed by atoms with Crippen LogP contribution in [0.5, 0.6) is 5.75 Å². The number of thiazole rings is 1. The third kappa shape index (κ3) is 4.56. The summed E-state index contributed by atoms with van der Waals surface area (Å²) >= 11 is 7.39. The molecule has 2 heterocycles. The summed E-state index contributed by atoms with van der Waals surface area (Å²) in [5.41, 5.74) is 4.30. The van der Waals surface area contributed by atoms with Crippen LogP contribution in [0.4, 0.5) is 9.80 Å². The van der Waals surface area contributed by atoms with E-state index >= 15 is 0 Å². The molecule has 1 amide bonds. The topological polar surface area (TPSA) is 78.3 Å².